The molecule has 1 aromatic carbocycles. The zero-order valence-electron chi connectivity index (χ0n) is 14.8. The number of carboxylic acids is 2. The maximum absolute atomic E-state index is 9.53. The summed E-state index contributed by atoms with van der Waals surface area (Å²) in [5.74, 6) is -1.63. The van der Waals surface area contributed by atoms with Crippen LogP contribution in [0.25, 0.3) is 0 Å². The van der Waals surface area contributed by atoms with Crippen molar-refractivity contribution in [1.29, 1.82) is 0 Å². The molecule has 4 N–H and O–H groups in total. The van der Waals surface area contributed by atoms with Gasteiger partial charge < -0.3 is 25.4 Å². The third-order valence-electron chi connectivity index (χ3n) is 4.79. The Morgan fingerprint density at radius 2 is 1.73 bits per heavy atom. The topological polar surface area (TPSA) is 116 Å². The quantitative estimate of drug-likeness (QED) is 0.606. The molecule has 0 spiro atoms. The fourth-order valence-corrected chi connectivity index (χ4v) is 3.40. The number of phenolic OH excluding ortho intramolecular Hbond substituents is 1. The van der Waals surface area contributed by atoms with Gasteiger partial charge in [0.2, 0.25) is 0 Å². The third-order valence-corrected chi connectivity index (χ3v) is 4.79. The van der Waals surface area contributed by atoms with Crippen LogP contribution in [0.4, 0.5) is 0 Å². The monoisotopic (exact) mass is 365 g/mol. The second-order valence-electron chi connectivity index (χ2n) is 6.84. The van der Waals surface area contributed by atoms with Gasteiger partial charge in [0.1, 0.15) is 17.6 Å². The fraction of sp³-hybridized carbons (Fsp3) is 0.579. The van der Waals surface area contributed by atoms with Crippen LogP contribution in [0.15, 0.2) is 18.2 Å². The van der Waals surface area contributed by atoms with Crippen LogP contribution in [0, 0.1) is 5.92 Å². The summed E-state index contributed by atoms with van der Waals surface area (Å²) < 4.78 is 5.98. The highest BCUT2D eigenvalue weighted by atomic mass is 16.5. The first-order valence-electron chi connectivity index (χ1n) is 9.11. The number of ether oxygens (including phenoxy) is 1. The lowest BCUT2D eigenvalue weighted by molar-refractivity contribution is -0.159. The molecule has 1 aliphatic heterocycles. The normalized spacial score (nSPS) is 19.5. The van der Waals surface area contributed by atoms with E-state index in [-0.39, 0.29) is 6.10 Å². The van der Waals surface area contributed by atoms with E-state index in [1.54, 1.807) is 12.1 Å². The molecule has 1 aromatic rings. The molecule has 3 rings (SSSR count). The first-order chi connectivity index (χ1) is 12.5. The van der Waals surface area contributed by atoms with Crippen LogP contribution in [0.1, 0.15) is 44.1 Å². The first kappa shape index (κ1) is 20.0. The van der Waals surface area contributed by atoms with Crippen molar-refractivity contribution in [3.05, 3.63) is 23.8 Å². The van der Waals surface area contributed by atoms with Crippen LogP contribution < -0.4 is 10.1 Å². The van der Waals surface area contributed by atoms with Crippen molar-refractivity contribution >= 4 is 11.9 Å². The highest BCUT2D eigenvalue weighted by Gasteiger charge is 2.20. The number of aromatic hydroxyl groups is 1. The van der Waals surface area contributed by atoms with Gasteiger partial charge in [-0.2, -0.15) is 0 Å². The van der Waals surface area contributed by atoms with Gasteiger partial charge in [0.25, 0.3) is 0 Å². The molecule has 0 saturated heterocycles. The van der Waals surface area contributed by atoms with Crippen molar-refractivity contribution in [2.24, 2.45) is 5.92 Å². The number of nitrogens with one attached hydrogen (secondary N) is 1. The molecule has 1 heterocycles. The number of phenols is 1. The molecule has 1 fully saturated rings. The SMILES string of the molecule is O=C(O)C(=O)O.Oc1ccc2c(c1)OC(CNCC1CCCCC1)CC2. The van der Waals surface area contributed by atoms with Gasteiger partial charge in [0.05, 0.1) is 0 Å². The van der Waals surface area contributed by atoms with Crippen LogP contribution in [-0.4, -0.2) is 46.5 Å². The number of aliphatic carboxylic acids is 2. The van der Waals surface area contributed by atoms with E-state index in [1.165, 1.54) is 37.7 Å². The van der Waals surface area contributed by atoms with Crippen molar-refractivity contribution in [2.45, 2.75) is 51.0 Å². The Bertz CT molecular complexity index is 600. The van der Waals surface area contributed by atoms with E-state index in [4.69, 9.17) is 24.5 Å². The van der Waals surface area contributed by atoms with E-state index in [2.05, 4.69) is 5.32 Å². The van der Waals surface area contributed by atoms with Crippen LogP contribution >= 0.6 is 0 Å². The smallest absolute Gasteiger partial charge is 0.414 e. The van der Waals surface area contributed by atoms with Crippen LogP contribution in [0.2, 0.25) is 0 Å². The number of carbonyl (C=O) groups is 2. The van der Waals surface area contributed by atoms with Gasteiger partial charge in [-0.05, 0) is 49.8 Å². The summed E-state index contributed by atoms with van der Waals surface area (Å²) in [6.45, 7) is 2.05. The minimum atomic E-state index is -1.82. The molecule has 0 radical (unpaired) electrons. The largest absolute Gasteiger partial charge is 0.508 e. The summed E-state index contributed by atoms with van der Waals surface area (Å²) in [6, 6.07) is 5.45. The Morgan fingerprint density at radius 3 is 2.38 bits per heavy atom. The molecule has 7 nitrogen and oxygen atoms in total. The van der Waals surface area contributed by atoms with Crippen LogP contribution in [0.3, 0.4) is 0 Å². The summed E-state index contributed by atoms with van der Waals surface area (Å²) in [4.78, 5) is 18.2. The number of hydrogen-bond donors (Lipinski definition) is 4. The van der Waals surface area contributed by atoms with E-state index in [0.717, 1.165) is 37.6 Å². The lowest BCUT2D eigenvalue weighted by atomic mass is 9.89. The predicted molar refractivity (Wildman–Crippen MR) is 95.6 cm³/mol. The van der Waals surface area contributed by atoms with E-state index < -0.39 is 11.9 Å². The number of aryl methyl sites for hydroxylation is 1. The molecule has 0 aromatic heterocycles. The Hall–Kier alpha value is -2.28. The first-order valence-corrected chi connectivity index (χ1v) is 9.11. The molecular formula is C19H27NO6. The van der Waals surface area contributed by atoms with Crippen LogP contribution in [0.5, 0.6) is 11.5 Å². The Labute approximate surface area is 153 Å². The number of carboxylic acid groups (broad SMARTS) is 2. The van der Waals surface area contributed by atoms with Gasteiger partial charge in [0.15, 0.2) is 0 Å². The minimum Gasteiger partial charge on any atom is -0.508 e. The molecule has 0 amide bonds. The van der Waals surface area contributed by atoms with Gasteiger partial charge in [0, 0.05) is 12.6 Å². The summed E-state index contributed by atoms with van der Waals surface area (Å²) in [5.41, 5.74) is 1.21. The molecule has 1 unspecified atom stereocenters. The Balaban J connectivity index is 0.000000352. The zero-order chi connectivity index (χ0) is 18.9. The van der Waals surface area contributed by atoms with Crippen molar-refractivity contribution in [2.75, 3.05) is 13.1 Å². The summed E-state index contributed by atoms with van der Waals surface area (Å²) in [5, 5.41) is 27.9. The third kappa shape index (κ3) is 6.55. The maximum atomic E-state index is 9.53. The Morgan fingerprint density at radius 1 is 1.04 bits per heavy atom. The number of benzene rings is 1. The summed E-state index contributed by atoms with van der Waals surface area (Å²) in [6.07, 6.45) is 9.35. The van der Waals surface area contributed by atoms with Crippen molar-refractivity contribution in [3.8, 4) is 11.5 Å². The molecule has 1 atom stereocenters. The summed E-state index contributed by atoms with van der Waals surface area (Å²) >= 11 is 0. The summed E-state index contributed by atoms with van der Waals surface area (Å²) in [7, 11) is 0. The number of fused-ring (bicyclic) bond motifs is 1. The van der Waals surface area contributed by atoms with Crippen LogP contribution in [-0.2, 0) is 16.0 Å². The van der Waals surface area contributed by atoms with Gasteiger partial charge in [-0.25, -0.2) is 9.59 Å². The minimum absolute atomic E-state index is 0.243. The van der Waals surface area contributed by atoms with E-state index in [0.29, 0.717) is 5.75 Å². The van der Waals surface area contributed by atoms with Crippen molar-refractivity contribution in [3.63, 3.8) is 0 Å². The Kier molecular flexibility index (Phi) is 7.72. The maximum Gasteiger partial charge on any atom is 0.414 e. The van der Waals surface area contributed by atoms with Gasteiger partial charge in [-0.15, -0.1) is 0 Å². The predicted octanol–water partition coefficient (Wildman–Crippen LogP) is 2.41. The van der Waals surface area contributed by atoms with E-state index in [9.17, 15) is 5.11 Å². The molecule has 1 aliphatic carbocycles. The van der Waals surface area contributed by atoms with E-state index in [1.807, 2.05) is 6.07 Å². The van der Waals surface area contributed by atoms with Gasteiger partial charge in [-0.1, -0.05) is 25.3 Å². The lowest BCUT2D eigenvalue weighted by Gasteiger charge is -2.28. The number of rotatable bonds is 4. The second kappa shape index (κ2) is 10.0. The molecule has 1 saturated carbocycles. The molecule has 144 valence electrons. The molecular weight excluding hydrogens is 338 g/mol. The van der Waals surface area contributed by atoms with Crippen molar-refractivity contribution in [1.82, 2.24) is 5.32 Å². The van der Waals surface area contributed by atoms with Gasteiger partial charge in [-0.3, -0.25) is 0 Å². The zero-order valence-corrected chi connectivity index (χ0v) is 14.8. The molecule has 0 bridgehead atoms. The highest BCUT2D eigenvalue weighted by molar-refractivity contribution is 6.27. The highest BCUT2D eigenvalue weighted by Crippen LogP contribution is 2.30. The van der Waals surface area contributed by atoms with Crippen molar-refractivity contribution < 1.29 is 29.6 Å². The fourth-order valence-electron chi connectivity index (χ4n) is 3.40. The lowest BCUT2D eigenvalue weighted by Crippen LogP contribution is -2.36. The molecule has 26 heavy (non-hydrogen) atoms. The second-order valence-corrected chi connectivity index (χ2v) is 6.84. The average Bonchev–Trinajstić information content (AvgIpc) is 2.62. The average molecular weight is 365 g/mol. The number of hydrogen-bond acceptors (Lipinski definition) is 5. The van der Waals surface area contributed by atoms with E-state index >= 15 is 0 Å². The standard InChI is InChI=1S/C17H25NO2.C2H2O4/c19-15-8-6-14-7-9-16(20-17(14)10-15)12-18-11-13-4-2-1-3-5-13;3-1(4)2(5)6/h6,8,10,13,16,18-19H,1-5,7,9,11-12H2;(H,3,4)(H,5,6). The molecule has 2 aliphatic rings. The van der Waals surface area contributed by atoms with Gasteiger partial charge >= 0.3 is 11.9 Å². The molecule has 7 heteroatoms.